The molecule has 0 aromatic carbocycles. The summed E-state index contributed by atoms with van der Waals surface area (Å²) in [4.78, 5) is 11.1. The predicted molar refractivity (Wildman–Crippen MR) is 70.4 cm³/mol. The smallest absolute Gasteiger partial charge is 0.390 e. The molecule has 0 spiro atoms. The van der Waals surface area contributed by atoms with Crippen LogP contribution in [0.2, 0.25) is 0 Å². The molecular formula is C14H24F3NO2. The summed E-state index contributed by atoms with van der Waals surface area (Å²) >= 11 is 0. The van der Waals surface area contributed by atoms with Gasteiger partial charge in [0.15, 0.2) is 0 Å². The van der Waals surface area contributed by atoms with Crippen LogP contribution in [0.5, 0.6) is 0 Å². The molecule has 20 heavy (non-hydrogen) atoms. The lowest BCUT2D eigenvalue weighted by atomic mass is 9.64. The van der Waals surface area contributed by atoms with Gasteiger partial charge in [-0.1, -0.05) is 13.8 Å². The Morgan fingerprint density at radius 3 is 2.30 bits per heavy atom. The molecule has 3 nitrogen and oxygen atoms in total. The normalized spacial score (nSPS) is 31.2. The SMILES string of the molecule is CC1CC(C)CC(CNCCC(F)(F)F)(CC(=O)O)C1. The third kappa shape index (κ3) is 6.11. The predicted octanol–water partition coefficient (Wildman–Crippen LogP) is 3.45. The number of rotatable bonds is 6. The van der Waals surface area contributed by atoms with Crippen molar-refractivity contribution in [2.75, 3.05) is 13.1 Å². The van der Waals surface area contributed by atoms with Crippen LogP contribution >= 0.6 is 0 Å². The highest BCUT2D eigenvalue weighted by atomic mass is 19.4. The van der Waals surface area contributed by atoms with Crippen molar-refractivity contribution in [1.82, 2.24) is 5.32 Å². The molecule has 6 heteroatoms. The van der Waals surface area contributed by atoms with Gasteiger partial charge in [-0.2, -0.15) is 13.2 Å². The Hall–Kier alpha value is -0.780. The van der Waals surface area contributed by atoms with Crippen LogP contribution in [0.3, 0.4) is 0 Å². The van der Waals surface area contributed by atoms with Crippen LogP contribution in [-0.2, 0) is 4.79 Å². The zero-order valence-corrected chi connectivity index (χ0v) is 12.1. The molecule has 0 aliphatic heterocycles. The maximum absolute atomic E-state index is 12.1. The average Bonchev–Trinajstić information content (AvgIpc) is 2.20. The van der Waals surface area contributed by atoms with E-state index < -0.39 is 24.0 Å². The minimum atomic E-state index is -4.17. The van der Waals surface area contributed by atoms with Gasteiger partial charge >= 0.3 is 12.1 Å². The Morgan fingerprint density at radius 2 is 1.85 bits per heavy atom. The Labute approximate surface area is 117 Å². The quantitative estimate of drug-likeness (QED) is 0.738. The van der Waals surface area contributed by atoms with Gasteiger partial charge in [-0.3, -0.25) is 4.79 Å². The molecule has 1 aliphatic rings. The lowest BCUT2D eigenvalue weighted by Gasteiger charge is -2.42. The molecule has 0 saturated heterocycles. The van der Waals surface area contributed by atoms with Gasteiger partial charge in [-0.15, -0.1) is 0 Å². The summed E-state index contributed by atoms with van der Waals surface area (Å²) in [6.07, 6.45) is -2.42. The van der Waals surface area contributed by atoms with Gasteiger partial charge in [0, 0.05) is 13.1 Å². The lowest BCUT2D eigenvalue weighted by molar-refractivity contribution is -0.141. The fraction of sp³-hybridized carbons (Fsp3) is 0.929. The zero-order chi connectivity index (χ0) is 15.4. The van der Waals surface area contributed by atoms with Crippen LogP contribution in [0.4, 0.5) is 13.2 Å². The fourth-order valence-electron chi connectivity index (χ4n) is 3.67. The second-order valence-electron chi connectivity index (χ2n) is 6.47. The average molecular weight is 295 g/mol. The van der Waals surface area contributed by atoms with Gasteiger partial charge in [-0.05, 0) is 36.5 Å². The molecule has 0 heterocycles. The number of hydrogen-bond donors (Lipinski definition) is 2. The van der Waals surface area contributed by atoms with Gasteiger partial charge < -0.3 is 10.4 Å². The summed E-state index contributed by atoms with van der Waals surface area (Å²) in [5, 5.41) is 11.9. The number of carbonyl (C=O) groups is 1. The Kier molecular flexibility index (Phi) is 5.86. The van der Waals surface area contributed by atoms with E-state index in [4.69, 9.17) is 5.11 Å². The molecule has 1 rings (SSSR count). The molecule has 0 bridgehead atoms. The van der Waals surface area contributed by atoms with Crippen LogP contribution in [0.15, 0.2) is 0 Å². The number of aliphatic carboxylic acids is 1. The standard InChI is InChI=1S/C14H24F3NO2/c1-10-5-11(2)7-13(6-10,8-12(19)20)9-18-4-3-14(15,16)17/h10-11,18H,3-9H2,1-2H3,(H,19,20). The molecule has 118 valence electrons. The van der Waals surface area contributed by atoms with Gasteiger partial charge in [0.1, 0.15) is 0 Å². The van der Waals surface area contributed by atoms with Crippen molar-refractivity contribution >= 4 is 5.97 Å². The number of nitrogens with one attached hydrogen (secondary N) is 1. The highest BCUT2D eigenvalue weighted by Crippen LogP contribution is 2.44. The summed E-state index contributed by atoms with van der Waals surface area (Å²) in [6.45, 7) is 4.38. The zero-order valence-electron chi connectivity index (χ0n) is 12.1. The summed E-state index contributed by atoms with van der Waals surface area (Å²) in [6, 6.07) is 0. The summed E-state index contributed by atoms with van der Waals surface area (Å²) in [5.41, 5.74) is -0.408. The van der Waals surface area contributed by atoms with Crippen molar-refractivity contribution in [3.05, 3.63) is 0 Å². The van der Waals surface area contributed by atoms with E-state index >= 15 is 0 Å². The largest absolute Gasteiger partial charge is 0.481 e. The Bertz CT molecular complexity index is 321. The number of carboxylic acid groups (broad SMARTS) is 1. The van der Waals surface area contributed by atoms with E-state index in [9.17, 15) is 18.0 Å². The molecule has 2 N–H and O–H groups in total. The molecule has 1 fully saturated rings. The van der Waals surface area contributed by atoms with Gasteiger partial charge in [0.25, 0.3) is 0 Å². The summed E-state index contributed by atoms with van der Waals surface area (Å²) < 4.78 is 36.4. The van der Waals surface area contributed by atoms with Crippen molar-refractivity contribution < 1.29 is 23.1 Å². The number of carboxylic acids is 1. The van der Waals surface area contributed by atoms with E-state index in [1.807, 2.05) is 0 Å². The van der Waals surface area contributed by atoms with Gasteiger partial charge in [0.05, 0.1) is 12.8 Å². The van der Waals surface area contributed by atoms with E-state index in [0.717, 1.165) is 19.3 Å². The van der Waals surface area contributed by atoms with Crippen LogP contribution in [0.25, 0.3) is 0 Å². The summed E-state index contributed by atoms with van der Waals surface area (Å²) in [7, 11) is 0. The number of alkyl halides is 3. The van der Waals surface area contributed by atoms with Crippen molar-refractivity contribution in [2.45, 2.75) is 52.1 Å². The minimum Gasteiger partial charge on any atom is -0.481 e. The second kappa shape index (κ2) is 6.78. The Morgan fingerprint density at radius 1 is 1.30 bits per heavy atom. The molecule has 2 unspecified atom stereocenters. The van der Waals surface area contributed by atoms with E-state index in [0.29, 0.717) is 18.4 Å². The van der Waals surface area contributed by atoms with Crippen molar-refractivity contribution in [1.29, 1.82) is 0 Å². The fourth-order valence-corrected chi connectivity index (χ4v) is 3.67. The highest BCUT2D eigenvalue weighted by molar-refractivity contribution is 5.67. The monoisotopic (exact) mass is 295 g/mol. The maximum atomic E-state index is 12.1. The van der Waals surface area contributed by atoms with Crippen LogP contribution < -0.4 is 5.32 Å². The maximum Gasteiger partial charge on any atom is 0.390 e. The molecule has 0 amide bonds. The van der Waals surface area contributed by atoms with E-state index in [1.165, 1.54) is 0 Å². The lowest BCUT2D eigenvalue weighted by Crippen LogP contribution is -2.42. The van der Waals surface area contributed by atoms with Crippen molar-refractivity contribution in [3.8, 4) is 0 Å². The summed E-state index contributed by atoms with van der Waals surface area (Å²) in [5.74, 6) is -0.0334. The Balaban J connectivity index is 2.57. The first kappa shape index (κ1) is 17.3. The molecule has 0 radical (unpaired) electrons. The van der Waals surface area contributed by atoms with E-state index in [2.05, 4.69) is 19.2 Å². The number of hydrogen-bond acceptors (Lipinski definition) is 2. The highest BCUT2D eigenvalue weighted by Gasteiger charge is 2.39. The third-order valence-electron chi connectivity index (χ3n) is 3.98. The third-order valence-corrected chi connectivity index (χ3v) is 3.98. The first-order chi connectivity index (χ1) is 9.12. The van der Waals surface area contributed by atoms with Crippen LogP contribution in [0.1, 0.15) is 46.0 Å². The second-order valence-corrected chi connectivity index (χ2v) is 6.47. The van der Waals surface area contributed by atoms with Crippen molar-refractivity contribution in [2.24, 2.45) is 17.3 Å². The molecule has 1 aliphatic carbocycles. The van der Waals surface area contributed by atoms with Crippen LogP contribution in [-0.4, -0.2) is 30.3 Å². The molecule has 0 aromatic heterocycles. The first-order valence-corrected chi connectivity index (χ1v) is 7.11. The molecule has 2 atom stereocenters. The molecular weight excluding hydrogens is 271 g/mol. The van der Waals surface area contributed by atoms with Crippen molar-refractivity contribution in [3.63, 3.8) is 0 Å². The van der Waals surface area contributed by atoms with Gasteiger partial charge in [0.2, 0.25) is 0 Å². The molecule has 0 aromatic rings. The van der Waals surface area contributed by atoms with E-state index in [-0.39, 0.29) is 13.0 Å². The number of halogens is 3. The first-order valence-electron chi connectivity index (χ1n) is 7.11. The minimum absolute atomic E-state index is 0.0285. The van der Waals surface area contributed by atoms with Gasteiger partial charge in [-0.25, -0.2) is 0 Å². The molecule has 1 saturated carbocycles. The topological polar surface area (TPSA) is 49.3 Å². The van der Waals surface area contributed by atoms with E-state index in [1.54, 1.807) is 0 Å². The van der Waals surface area contributed by atoms with Crippen LogP contribution in [0, 0.1) is 17.3 Å².